The van der Waals surface area contributed by atoms with Gasteiger partial charge in [0, 0.05) is 18.7 Å². The number of fused-ring (bicyclic) bond motifs is 1. The second-order valence-electron chi connectivity index (χ2n) is 7.92. The molecule has 0 saturated carbocycles. The number of allylic oxidation sites excluding steroid dienone is 1. The summed E-state index contributed by atoms with van der Waals surface area (Å²) in [5, 5.41) is 5.61. The van der Waals surface area contributed by atoms with Crippen LogP contribution in [0.1, 0.15) is 19.4 Å². The molecule has 4 aromatic rings. The molecule has 1 fully saturated rings. The predicted molar refractivity (Wildman–Crippen MR) is 127 cm³/mol. The van der Waals surface area contributed by atoms with Gasteiger partial charge in [-0.05, 0) is 55.8 Å². The minimum atomic E-state index is 0.0137. The van der Waals surface area contributed by atoms with Crippen molar-refractivity contribution in [1.82, 2.24) is 24.6 Å². The summed E-state index contributed by atoms with van der Waals surface area (Å²) in [5.74, 6) is 1.90. The molecule has 0 radical (unpaired) electrons. The van der Waals surface area contributed by atoms with E-state index in [1.807, 2.05) is 71.1 Å². The second-order valence-corrected chi connectivity index (χ2v) is 7.92. The first kappa shape index (κ1) is 20.7. The van der Waals surface area contributed by atoms with Crippen molar-refractivity contribution in [2.75, 3.05) is 18.8 Å². The molecule has 1 unspecified atom stereocenters. The van der Waals surface area contributed by atoms with E-state index < -0.39 is 0 Å². The minimum Gasteiger partial charge on any atom is -0.457 e. The van der Waals surface area contributed by atoms with Crippen molar-refractivity contribution in [2.24, 2.45) is 0 Å². The molecular weight excluding hydrogens is 416 g/mol. The lowest BCUT2D eigenvalue weighted by Gasteiger charge is -2.15. The Morgan fingerprint density at radius 1 is 1.09 bits per heavy atom. The van der Waals surface area contributed by atoms with Crippen LogP contribution in [0.3, 0.4) is 0 Å². The van der Waals surface area contributed by atoms with Gasteiger partial charge < -0.3 is 15.4 Å². The van der Waals surface area contributed by atoms with Gasteiger partial charge in [-0.25, -0.2) is 14.6 Å². The summed E-state index contributed by atoms with van der Waals surface area (Å²) >= 11 is 0. The minimum absolute atomic E-state index is 0.0137. The Morgan fingerprint density at radius 3 is 2.61 bits per heavy atom. The molecule has 1 amide bonds. The van der Waals surface area contributed by atoms with Crippen LogP contribution in [0.15, 0.2) is 73.1 Å². The Balaban J connectivity index is 1.47. The van der Waals surface area contributed by atoms with E-state index in [1.165, 1.54) is 6.33 Å². The molecular formula is C25H24N6O2. The number of rotatable bonds is 5. The molecule has 1 aliphatic rings. The Morgan fingerprint density at radius 2 is 1.85 bits per heavy atom. The quantitative estimate of drug-likeness (QED) is 0.467. The van der Waals surface area contributed by atoms with Crippen LogP contribution in [0, 0.1) is 0 Å². The number of hydrogen-bond acceptors (Lipinski definition) is 6. The van der Waals surface area contributed by atoms with Crippen LogP contribution in [-0.2, 0) is 4.79 Å². The molecule has 0 aliphatic carbocycles. The van der Waals surface area contributed by atoms with Gasteiger partial charge in [0.2, 0.25) is 5.91 Å². The summed E-state index contributed by atoms with van der Waals surface area (Å²) < 4.78 is 7.79. The van der Waals surface area contributed by atoms with Gasteiger partial charge in [0.25, 0.3) is 0 Å². The van der Waals surface area contributed by atoms with E-state index in [-0.39, 0.29) is 11.9 Å². The third kappa shape index (κ3) is 4.03. The molecule has 8 nitrogen and oxygen atoms in total. The Hall–Kier alpha value is -4.20. The number of para-hydroxylation sites is 1. The zero-order valence-electron chi connectivity index (χ0n) is 18.3. The normalized spacial score (nSPS) is 16.0. The van der Waals surface area contributed by atoms with Crippen LogP contribution >= 0.6 is 0 Å². The van der Waals surface area contributed by atoms with Crippen molar-refractivity contribution in [3.05, 3.63) is 73.1 Å². The van der Waals surface area contributed by atoms with Crippen LogP contribution in [0.2, 0.25) is 0 Å². The standard InChI is InChI=1S/C25H24N6O2/c1-2-6-21(32)30-14-13-18(15-30)31-25-22(24(26)27-16-28-25)23(29-31)17-9-11-20(12-10-17)33-19-7-4-3-5-8-19/h2-12,16,18H,13-15H2,1H3,(H2,26,27,28)/b6-2+. The molecule has 166 valence electrons. The number of hydrogen-bond donors (Lipinski definition) is 1. The maximum Gasteiger partial charge on any atom is 0.246 e. The number of benzene rings is 2. The van der Waals surface area contributed by atoms with Gasteiger partial charge in [0.15, 0.2) is 5.65 Å². The first-order valence-electron chi connectivity index (χ1n) is 10.9. The Labute approximate surface area is 191 Å². The average Bonchev–Trinajstić information content (AvgIpc) is 3.47. The topological polar surface area (TPSA) is 99.2 Å². The summed E-state index contributed by atoms with van der Waals surface area (Å²) in [7, 11) is 0. The van der Waals surface area contributed by atoms with Gasteiger partial charge in [-0.3, -0.25) is 4.79 Å². The molecule has 2 aromatic carbocycles. The highest BCUT2D eigenvalue weighted by molar-refractivity contribution is 5.98. The van der Waals surface area contributed by atoms with E-state index in [9.17, 15) is 4.79 Å². The van der Waals surface area contributed by atoms with Crippen LogP contribution < -0.4 is 10.5 Å². The van der Waals surface area contributed by atoms with Gasteiger partial charge in [-0.1, -0.05) is 24.3 Å². The smallest absolute Gasteiger partial charge is 0.246 e. The largest absolute Gasteiger partial charge is 0.457 e. The third-order valence-corrected chi connectivity index (χ3v) is 5.75. The fourth-order valence-electron chi connectivity index (χ4n) is 4.15. The van der Waals surface area contributed by atoms with Gasteiger partial charge in [-0.15, -0.1) is 0 Å². The number of carbonyl (C=O) groups excluding carboxylic acids is 1. The summed E-state index contributed by atoms with van der Waals surface area (Å²) in [6.07, 6.45) is 5.60. The number of likely N-dealkylation sites (tertiary alicyclic amines) is 1. The first-order valence-corrected chi connectivity index (χ1v) is 10.9. The Bertz CT molecular complexity index is 1310. The van der Waals surface area contributed by atoms with Gasteiger partial charge in [0.05, 0.1) is 11.4 Å². The van der Waals surface area contributed by atoms with Crippen LogP contribution in [0.25, 0.3) is 22.3 Å². The maximum absolute atomic E-state index is 12.3. The fourth-order valence-corrected chi connectivity index (χ4v) is 4.15. The molecule has 1 aliphatic heterocycles. The molecule has 5 rings (SSSR count). The fraction of sp³-hybridized carbons (Fsp3) is 0.200. The monoisotopic (exact) mass is 440 g/mol. The van der Waals surface area contributed by atoms with Crippen molar-refractivity contribution in [3.63, 3.8) is 0 Å². The van der Waals surface area contributed by atoms with E-state index in [1.54, 1.807) is 12.2 Å². The Kier molecular flexibility index (Phi) is 5.48. The highest BCUT2D eigenvalue weighted by Crippen LogP contribution is 2.35. The van der Waals surface area contributed by atoms with Crippen molar-refractivity contribution in [2.45, 2.75) is 19.4 Å². The van der Waals surface area contributed by atoms with E-state index in [0.717, 1.165) is 23.5 Å². The SMILES string of the molecule is C/C=C/C(=O)N1CCC(n2nc(-c3ccc(Oc4ccccc4)cc3)c3c(N)ncnc32)C1. The number of nitrogens with zero attached hydrogens (tertiary/aromatic N) is 5. The number of aromatic nitrogens is 4. The van der Waals surface area contributed by atoms with Crippen LogP contribution in [0.5, 0.6) is 11.5 Å². The zero-order chi connectivity index (χ0) is 22.8. The number of nitrogen functional groups attached to an aromatic ring is 1. The molecule has 2 aromatic heterocycles. The summed E-state index contributed by atoms with van der Waals surface area (Å²) in [6, 6.07) is 17.4. The molecule has 1 atom stereocenters. The lowest BCUT2D eigenvalue weighted by Crippen LogP contribution is -2.27. The molecule has 1 saturated heterocycles. The van der Waals surface area contributed by atoms with E-state index in [2.05, 4.69) is 9.97 Å². The second kappa shape index (κ2) is 8.74. The number of nitrogens with two attached hydrogens (primary N) is 1. The maximum atomic E-state index is 12.3. The molecule has 0 bridgehead atoms. The number of anilines is 1. The van der Waals surface area contributed by atoms with E-state index in [0.29, 0.717) is 35.6 Å². The van der Waals surface area contributed by atoms with Gasteiger partial charge in [-0.2, -0.15) is 5.10 Å². The molecule has 3 heterocycles. The van der Waals surface area contributed by atoms with E-state index in [4.69, 9.17) is 15.6 Å². The summed E-state index contributed by atoms with van der Waals surface area (Å²) in [5.41, 5.74) is 8.53. The first-order chi connectivity index (χ1) is 16.1. The van der Waals surface area contributed by atoms with E-state index >= 15 is 0 Å². The van der Waals surface area contributed by atoms with Crippen molar-refractivity contribution in [1.29, 1.82) is 0 Å². The molecule has 2 N–H and O–H groups in total. The lowest BCUT2D eigenvalue weighted by atomic mass is 10.1. The summed E-state index contributed by atoms with van der Waals surface area (Å²) in [6.45, 7) is 3.10. The molecule has 0 spiro atoms. The number of ether oxygens (including phenoxy) is 1. The zero-order valence-corrected chi connectivity index (χ0v) is 18.3. The van der Waals surface area contributed by atoms with Crippen LogP contribution in [0.4, 0.5) is 5.82 Å². The molecule has 8 heteroatoms. The summed E-state index contributed by atoms with van der Waals surface area (Å²) in [4.78, 5) is 22.8. The van der Waals surface area contributed by atoms with Crippen LogP contribution in [-0.4, -0.2) is 43.6 Å². The molecule has 33 heavy (non-hydrogen) atoms. The van der Waals surface area contributed by atoms with Gasteiger partial charge >= 0.3 is 0 Å². The predicted octanol–water partition coefficient (Wildman–Crippen LogP) is 4.22. The van der Waals surface area contributed by atoms with Gasteiger partial charge in [0.1, 0.15) is 29.3 Å². The van der Waals surface area contributed by atoms with Crippen molar-refractivity contribution < 1.29 is 9.53 Å². The number of amides is 1. The average molecular weight is 441 g/mol. The number of carbonyl (C=O) groups is 1. The van der Waals surface area contributed by atoms with Crippen molar-refractivity contribution >= 4 is 22.8 Å². The highest BCUT2D eigenvalue weighted by atomic mass is 16.5. The lowest BCUT2D eigenvalue weighted by molar-refractivity contribution is -0.125. The van der Waals surface area contributed by atoms with Crippen molar-refractivity contribution in [3.8, 4) is 22.8 Å². The highest BCUT2D eigenvalue weighted by Gasteiger charge is 2.30. The third-order valence-electron chi connectivity index (χ3n) is 5.75.